The Morgan fingerprint density at radius 3 is 2.07 bits per heavy atom. The van der Waals surface area contributed by atoms with Crippen molar-refractivity contribution in [1.29, 1.82) is 0 Å². The number of halogens is 3. The molecule has 0 saturated heterocycles. The molecule has 0 N–H and O–H groups in total. The van der Waals surface area contributed by atoms with Crippen LogP contribution in [0.15, 0.2) is 12.1 Å². The third-order valence-corrected chi connectivity index (χ3v) is 1.65. The lowest BCUT2D eigenvalue weighted by atomic mass is 10.3. The van der Waals surface area contributed by atoms with Gasteiger partial charge in [-0.25, -0.2) is 4.39 Å². The highest BCUT2D eigenvalue weighted by Crippen LogP contribution is 2.34. The Balaban J connectivity index is 3.10. The summed E-state index contributed by atoms with van der Waals surface area (Å²) < 4.78 is 50.4. The van der Waals surface area contributed by atoms with Crippen molar-refractivity contribution >= 4 is 0 Å². The zero-order valence-corrected chi connectivity index (χ0v) is 8.09. The van der Waals surface area contributed by atoms with Crippen LogP contribution in [0.4, 0.5) is 13.2 Å². The standard InChI is InChI=1S/C9H9F3O3/c1-13-6-4-8(15-9(11)12)7(14-2)3-5(6)10/h3-4,9H,1-2H3. The van der Waals surface area contributed by atoms with E-state index in [2.05, 4.69) is 14.2 Å². The summed E-state index contributed by atoms with van der Waals surface area (Å²) in [5.41, 5.74) is 0. The first-order chi connectivity index (χ1) is 7.08. The van der Waals surface area contributed by atoms with Crippen LogP contribution in [0.3, 0.4) is 0 Å². The lowest BCUT2D eigenvalue weighted by Crippen LogP contribution is -2.04. The number of rotatable bonds is 4. The molecule has 1 aromatic carbocycles. The van der Waals surface area contributed by atoms with Crippen LogP contribution in [0.2, 0.25) is 0 Å². The van der Waals surface area contributed by atoms with Gasteiger partial charge in [-0.05, 0) is 0 Å². The second-order valence-electron chi connectivity index (χ2n) is 2.52. The Morgan fingerprint density at radius 1 is 1.00 bits per heavy atom. The van der Waals surface area contributed by atoms with Crippen molar-refractivity contribution in [3.05, 3.63) is 17.9 Å². The van der Waals surface area contributed by atoms with Crippen LogP contribution in [0.1, 0.15) is 0 Å². The lowest BCUT2D eigenvalue weighted by Gasteiger charge is -2.11. The van der Waals surface area contributed by atoms with E-state index >= 15 is 0 Å². The molecule has 0 unspecified atom stereocenters. The van der Waals surface area contributed by atoms with Gasteiger partial charge in [0.05, 0.1) is 14.2 Å². The average molecular weight is 222 g/mol. The van der Waals surface area contributed by atoms with Crippen molar-refractivity contribution in [2.45, 2.75) is 6.61 Å². The predicted octanol–water partition coefficient (Wildman–Crippen LogP) is 2.44. The molecule has 6 heteroatoms. The van der Waals surface area contributed by atoms with Crippen LogP contribution in [0, 0.1) is 5.82 Å². The summed E-state index contributed by atoms with van der Waals surface area (Å²) in [5, 5.41) is 0. The molecule has 0 bridgehead atoms. The third kappa shape index (κ3) is 2.68. The third-order valence-electron chi connectivity index (χ3n) is 1.65. The highest BCUT2D eigenvalue weighted by Gasteiger charge is 2.15. The molecule has 0 amide bonds. The minimum Gasteiger partial charge on any atom is -0.494 e. The van der Waals surface area contributed by atoms with E-state index in [4.69, 9.17) is 0 Å². The fourth-order valence-electron chi connectivity index (χ4n) is 1.02. The molecule has 0 radical (unpaired) electrons. The summed E-state index contributed by atoms with van der Waals surface area (Å²) in [6, 6.07) is 1.91. The first kappa shape index (κ1) is 11.5. The van der Waals surface area contributed by atoms with Crippen LogP contribution < -0.4 is 14.2 Å². The minimum atomic E-state index is -3.01. The molecule has 0 fully saturated rings. The molecular formula is C9H9F3O3. The van der Waals surface area contributed by atoms with Crippen molar-refractivity contribution in [1.82, 2.24) is 0 Å². The molecule has 1 rings (SSSR count). The SMILES string of the molecule is COc1cc(OC(F)F)c(OC)cc1F. The molecule has 0 aliphatic carbocycles. The van der Waals surface area contributed by atoms with Crippen molar-refractivity contribution < 1.29 is 27.4 Å². The van der Waals surface area contributed by atoms with Gasteiger partial charge in [0, 0.05) is 12.1 Å². The summed E-state index contributed by atoms with van der Waals surface area (Å²) in [6.45, 7) is -3.01. The molecule has 0 spiro atoms. The Kier molecular flexibility index (Phi) is 3.65. The largest absolute Gasteiger partial charge is 0.494 e. The quantitative estimate of drug-likeness (QED) is 0.783. The zero-order valence-electron chi connectivity index (χ0n) is 8.09. The molecule has 0 saturated carbocycles. The van der Waals surface area contributed by atoms with Crippen molar-refractivity contribution in [3.63, 3.8) is 0 Å². The number of ether oxygens (including phenoxy) is 3. The normalized spacial score (nSPS) is 10.3. The molecule has 0 aromatic heterocycles. The Bertz CT molecular complexity index is 342. The average Bonchev–Trinajstić information content (AvgIpc) is 2.19. The summed E-state index contributed by atoms with van der Waals surface area (Å²) in [7, 11) is 2.44. The van der Waals surface area contributed by atoms with Gasteiger partial charge in [-0.1, -0.05) is 0 Å². The first-order valence-corrected chi connectivity index (χ1v) is 3.94. The molecule has 3 nitrogen and oxygen atoms in total. The number of hydrogen-bond acceptors (Lipinski definition) is 3. The van der Waals surface area contributed by atoms with E-state index in [1.165, 1.54) is 14.2 Å². The van der Waals surface area contributed by atoms with Gasteiger partial charge in [0.1, 0.15) is 0 Å². The highest BCUT2D eigenvalue weighted by atomic mass is 19.3. The molecule has 84 valence electrons. The van der Waals surface area contributed by atoms with Crippen molar-refractivity contribution in [2.24, 2.45) is 0 Å². The summed E-state index contributed by atoms with van der Waals surface area (Å²) >= 11 is 0. The zero-order chi connectivity index (χ0) is 11.4. The minimum absolute atomic E-state index is 0.117. The lowest BCUT2D eigenvalue weighted by molar-refractivity contribution is -0.0513. The molecule has 0 heterocycles. The summed E-state index contributed by atoms with van der Waals surface area (Å²) in [4.78, 5) is 0. The van der Waals surface area contributed by atoms with Gasteiger partial charge in [-0.2, -0.15) is 8.78 Å². The molecule has 15 heavy (non-hydrogen) atoms. The fraction of sp³-hybridized carbons (Fsp3) is 0.333. The topological polar surface area (TPSA) is 27.7 Å². The second kappa shape index (κ2) is 4.77. The molecule has 0 aliphatic heterocycles. The van der Waals surface area contributed by atoms with E-state index in [9.17, 15) is 13.2 Å². The van der Waals surface area contributed by atoms with E-state index in [-0.39, 0.29) is 17.2 Å². The van der Waals surface area contributed by atoms with Gasteiger partial charge in [0.15, 0.2) is 23.1 Å². The molecule has 0 atom stereocenters. The van der Waals surface area contributed by atoms with Crippen LogP contribution in [-0.4, -0.2) is 20.8 Å². The van der Waals surface area contributed by atoms with Gasteiger partial charge >= 0.3 is 6.61 Å². The maximum Gasteiger partial charge on any atom is 0.387 e. The van der Waals surface area contributed by atoms with Crippen molar-refractivity contribution in [2.75, 3.05) is 14.2 Å². The van der Waals surface area contributed by atoms with Gasteiger partial charge in [-0.15, -0.1) is 0 Å². The molecular weight excluding hydrogens is 213 g/mol. The number of benzene rings is 1. The van der Waals surface area contributed by atoms with Crippen LogP contribution >= 0.6 is 0 Å². The second-order valence-corrected chi connectivity index (χ2v) is 2.52. The maximum atomic E-state index is 13.1. The summed E-state index contributed by atoms with van der Waals surface area (Å²) in [5.74, 6) is -1.29. The number of hydrogen-bond donors (Lipinski definition) is 0. The van der Waals surface area contributed by atoms with E-state index in [0.29, 0.717) is 0 Å². The van der Waals surface area contributed by atoms with E-state index in [0.717, 1.165) is 12.1 Å². The van der Waals surface area contributed by atoms with Crippen LogP contribution in [-0.2, 0) is 0 Å². The van der Waals surface area contributed by atoms with Crippen molar-refractivity contribution in [3.8, 4) is 17.2 Å². The first-order valence-electron chi connectivity index (χ1n) is 3.94. The van der Waals surface area contributed by atoms with Gasteiger partial charge in [-0.3, -0.25) is 0 Å². The Labute approximate surface area is 84.4 Å². The Morgan fingerprint density at radius 2 is 1.60 bits per heavy atom. The van der Waals surface area contributed by atoms with E-state index < -0.39 is 12.4 Å². The van der Waals surface area contributed by atoms with Crippen LogP contribution in [0.5, 0.6) is 17.2 Å². The monoisotopic (exact) mass is 222 g/mol. The molecule has 1 aromatic rings. The smallest absolute Gasteiger partial charge is 0.387 e. The number of methoxy groups -OCH3 is 2. The van der Waals surface area contributed by atoms with E-state index in [1.54, 1.807) is 0 Å². The van der Waals surface area contributed by atoms with Gasteiger partial charge in [0.25, 0.3) is 0 Å². The maximum absolute atomic E-state index is 13.1. The van der Waals surface area contributed by atoms with Gasteiger partial charge in [0.2, 0.25) is 0 Å². The fourth-order valence-corrected chi connectivity index (χ4v) is 1.02. The number of alkyl halides is 2. The highest BCUT2D eigenvalue weighted by molar-refractivity contribution is 5.46. The predicted molar refractivity (Wildman–Crippen MR) is 46.1 cm³/mol. The van der Waals surface area contributed by atoms with Gasteiger partial charge < -0.3 is 14.2 Å². The molecule has 0 aliphatic rings. The summed E-state index contributed by atoms with van der Waals surface area (Å²) in [6.07, 6.45) is 0. The van der Waals surface area contributed by atoms with Crippen LogP contribution in [0.25, 0.3) is 0 Å². The van der Waals surface area contributed by atoms with E-state index in [1.807, 2.05) is 0 Å². The Hall–Kier alpha value is -1.59.